The highest BCUT2D eigenvalue weighted by molar-refractivity contribution is 7.98. The standard InChI is InChI=1S/C15H25N3OS/c1-18(2)14(12-7-5-4-6-8-12)11-17-15(19)13(16)9-10-20-3/h4-8,13-14H,9-11,16H2,1-3H3,(H,17,19)/t13-,14?/m0/s1. The third kappa shape index (κ3) is 5.53. The van der Waals surface area contributed by atoms with Crippen LogP contribution in [0.2, 0.25) is 0 Å². The molecule has 0 radical (unpaired) electrons. The summed E-state index contributed by atoms with van der Waals surface area (Å²) in [5.41, 5.74) is 7.06. The average Bonchev–Trinajstić information content (AvgIpc) is 2.45. The normalized spacial score (nSPS) is 14.1. The van der Waals surface area contributed by atoms with Crippen molar-refractivity contribution in [1.82, 2.24) is 10.2 Å². The second-order valence-corrected chi connectivity index (χ2v) is 6.01. The van der Waals surface area contributed by atoms with Gasteiger partial charge in [0, 0.05) is 6.54 Å². The summed E-state index contributed by atoms with van der Waals surface area (Å²) in [6, 6.07) is 9.91. The molecule has 1 rings (SSSR count). The molecule has 0 bridgehead atoms. The van der Waals surface area contributed by atoms with Crippen LogP contribution in [-0.2, 0) is 4.79 Å². The second kappa shape index (κ2) is 9.00. The van der Waals surface area contributed by atoms with Crippen LogP contribution >= 0.6 is 11.8 Å². The Labute approximate surface area is 126 Å². The van der Waals surface area contributed by atoms with Gasteiger partial charge in [-0.05, 0) is 38.1 Å². The van der Waals surface area contributed by atoms with E-state index < -0.39 is 6.04 Å². The number of thioether (sulfide) groups is 1. The zero-order valence-electron chi connectivity index (χ0n) is 12.5. The Morgan fingerprint density at radius 1 is 1.35 bits per heavy atom. The number of hydrogen-bond acceptors (Lipinski definition) is 4. The van der Waals surface area contributed by atoms with E-state index in [4.69, 9.17) is 5.73 Å². The Hall–Kier alpha value is -1.04. The van der Waals surface area contributed by atoms with Crippen molar-refractivity contribution in [1.29, 1.82) is 0 Å². The molecule has 0 aliphatic rings. The number of carbonyl (C=O) groups is 1. The topological polar surface area (TPSA) is 58.4 Å². The molecular weight excluding hydrogens is 270 g/mol. The van der Waals surface area contributed by atoms with Crippen molar-refractivity contribution in [2.45, 2.75) is 18.5 Å². The number of nitrogens with two attached hydrogens (primary N) is 1. The molecule has 0 aliphatic heterocycles. The Bertz CT molecular complexity index is 397. The van der Waals surface area contributed by atoms with Gasteiger partial charge in [0.1, 0.15) is 0 Å². The van der Waals surface area contributed by atoms with Gasteiger partial charge in [-0.2, -0.15) is 11.8 Å². The molecule has 1 aromatic rings. The molecule has 0 saturated carbocycles. The molecule has 5 heteroatoms. The van der Waals surface area contributed by atoms with Gasteiger partial charge in [-0.1, -0.05) is 30.3 Å². The van der Waals surface area contributed by atoms with Gasteiger partial charge >= 0.3 is 0 Å². The van der Waals surface area contributed by atoms with E-state index in [9.17, 15) is 4.79 Å². The summed E-state index contributed by atoms with van der Waals surface area (Å²) in [6.07, 6.45) is 2.73. The largest absolute Gasteiger partial charge is 0.353 e. The van der Waals surface area contributed by atoms with E-state index in [1.807, 2.05) is 38.6 Å². The highest BCUT2D eigenvalue weighted by Crippen LogP contribution is 2.16. The van der Waals surface area contributed by atoms with Gasteiger partial charge < -0.3 is 16.0 Å². The van der Waals surface area contributed by atoms with E-state index >= 15 is 0 Å². The number of nitrogens with one attached hydrogen (secondary N) is 1. The molecule has 3 N–H and O–H groups in total. The Morgan fingerprint density at radius 3 is 2.55 bits per heavy atom. The average molecular weight is 295 g/mol. The molecule has 0 aromatic heterocycles. The lowest BCUT2D eigenvalue weighted by Crippen LogP contribution is -2.44. The van der Waals surface area contributed by atoms with Crippen LogP contribution in [0.3, 0.4) is 0 Å². The lowest BCUT2D eigenvalue weighted by molar-refractivity contribution is -0.122. The van der Waals surface area contributed by atoms with E-state index in [0.29, 0.717) is 13.0 Å². The summed E-state index contributed by atoms with van der Waals surface area (Å²) in [4.78, 5) is 14.0. The lowest BCUT2D eigenvalue weighted by atomic mass is 10.1. The van der Waals surface area contributed by atoms with E-state index in [0.717, 1.165) is 5.75 Å². The molecule has 0 fully saturated rings. The second-order valence-electron chi connectivity index (χ2n) is 5.02. The lowest BCUT2D eigenvalue weighted by Gasteiger charge is -2.25. The molecule has 0 saturated heterocycles. The summed E-state index contributed by atoms with van der Waals surface area (Å²) in [5, 5.41) is 2.96. The molecule has 1 aromatic carbocycles. The number of benzene rings is 1. The van der Waals surface area contributed by atoms with Gasteiger partial charge in [-0.25, -0.2) is 0 Å². The van der Waals surface area contributed by atoms with Gasteiger partial charge in [-0.3, -0.25) is 4.79 Å². The summed E-state index contributed by atoms with van der Waals surface area (Å²) in [5.74, 6) is 0.839. The zero-order valence-corrected chi connectivity index (χ0v) is 13.3. The quantitative estimate of drug-likeness (QED) is 0.763. The SMILES string of the molecule is CSCC[C@H](N)C(=O)NCC(c1ccccc1)N(C)C. The van der Waals surface area contributed by atoms with Crippen molar-refractivity contribution < 1.29 is 4.79 Å². The van der Waals surface area contributed by atoms with E-state index in [2.05, 4.69) is 22.3 Å². The molecular formula is C15H25N3OS. The monoisotopic (exact) mass is 295 g/mol. The van der Waals surface area contributed by atoms with Crippen LogP contribution in [0.5, 0.6) is 0 Å². The Morgan fingerprint density at radius 2 is 2.00 bits per heavy atom. The highest BCUT2D eigenvalue weighted by atomic mass is 32.2. The first-order valence-corrected chi connectivity index (χ1v) is 8.19. The predicted molar refractivity (Wildman–Crippen MR) is 86.9 cm³/mol. The number of carbonyl (C=O) groups excluding carboxylic acids is 1. The summed E-state index contributed by atoms with van der Waals surface area (Å²) in [6.45, 7) is 0.572. The van der Waals surface area contributed by atoms with Crippen LogP contribution in [-0.4, -0.2) is 49.5 Å². The van der Waals surface area contributed by atoms with Crippen molar-refractivity contribution in [3.63, 3.8) is 0 Å². The minimum Gasteiger partial charge on any atom is -0.353 e. The van der Waals surface area contributed by atoms with Gasteiger partial charge in [0.25, 0.3) is 0 Å². The maximum Gasteiger partial charge on any atom is 0.237 e. The molecule has 2 atom stereocenters. The van der Waals surface area contributed by atoms with Crippen molar-refractivity contribution in [2.75, 3.05) is 32.6 Å². The molecule has 0 spiro atoms. The smallest absolute Gasteiger partial charge is 0.237 e. The number of nitrogens with zero attached hydrogens (tertiary/aromatic N) is 1. The Balaban J connectivity index is 2.54. The fraction of sp³-hybridized carbons (Fsp3) is 0.533. The molecule has 1 unspecified atom stereocenters. The van der Waals surface area contributed by atoms with Crippen molar-refractivity contribution in [3.05, 3.63) is 35.9 Å². The number of likely N-dealkylation sites (N-methyl/N-ethyl adjacent to an activating group) is 1. The Kier molecular flexibility index (Phi) is 7.65. The van der Waals surface area contributed by atoms with E-state index in [1.54, 1.807) is 11.8 Å². The first-order valence-electron chi connectivity index (χ1n) is 6.80. The number of hydrogen-bond donors (Lipinski definition) is 2. The molecule has 1 amide bonds. The van der Waals surface area contributed by atoms with Crippen LogP contribution in [0.25, 0.3) is 0 Å². The summed E-state index contributed by atoms with van der Waals surface area (Å²) < 4.78 is 0. The fourth-order valence-electron chi connectivity index (χ4n) is 1.98. The summed E-state index contributed by atoms with van der Waals surface area (Å²) >= 11 is 1.71. The van der Waals surface area contributed by atoms with E-state index in [1.165, 1.54) is 5.56 Å². The first kappa shape index (κ1) is 17.0. The van der Waals surface area contributed by atoms with Gasteiger partial charge in [-0.15, -0.1) is 0 Å². The molecule has 0 heterocycles. The first-order chi connectivity index (χ1) is 9.56. The molecule has 4 nitrogen and oxygen atoms in total. The van der Waals surface area contributed by atoms with Crippen molar-refractivity contribution in [2.24, 2.45) is 5.73 Å². The van der Waals surface area contributed by atoms with Crippen LogP contribution in [0.4, 0.5) is 0 Å². The number of amides is 1. The third-order valence-corrected chi connectivity index (χ3v) is 3.89. The fourth-order valence-corrected chi connectivity index (χ4v) is 2.47. The number of rotatable bonds is 8. The zero-order chi connectivity index (χ0) is 15.0. The van der Waals surface area contributed by atoms with Crippen molar-refractivity contribution in [3.8, 4) is 0 Å². The van der Waals surface area contributed by atoms with Crippen LogP contribution < -0.4 is 11.1 Å². The highest BCUT2D eigenvalue weighted by Gasteiger charge is 2.17. The minimum absolute atomic E-state index is 0.0677. The predicted octanol–water partition coefficient (Wildman–Crippen LogP) is 1.49. The molecule has 20 heavy (non-hydrogen) atoms. The maximum absolute atomic E-state index is 11.9. The molecule has 0 aliphatic carbocycles. The van der Waals surface area contributed by atoms with Crippen LogP contribution in [0.1, 0.15) is 18.0 Å². The third-order valence-electron chi connectivity index (χ3n) is 3.25. The van der Waals surface area contributed by atoms with Gasteiger partial charge in [0.05, 0.1) is 12.1 Å². The van der Waals surface area contributed by atoms with Crippen LogP contribution in [0, 0.1) is 0 Å². The van der Waals surface area contributed by atoms with Crippen LogP contribution in [0.15, 0.2) is 30.3 Å². The molecule has 112 valence electrons. The minimum atomic E-state index is -0.416. The van der Waals surface area contributed by atoms with Gasteiger partial charge in [0.2, 0.25) is 5.91 Å². The van der Waals surface area contributed by atoms with E-state index in [-0.39, 0.29) is 11.9 Å². The summed E-state index contributed by atoms with van der Waals surface area (Å²) in [7, 11) is 4.02. The van der Waals surface area contributed by atoms with Gasteiger partial charge in [0.15, 0.2) is 0 Å². The maximum atomic E-state index is 11.9. The van der Waals surface area contributed by atoms with Crippen molar-refractivity contribution >= 4 is 17.7 Å².